The molecule has 0 radical (unpaired) electrons. The maximum absolute atomic E-state index is 12.4. The normalized spacial score (nSPS) is 11.7. The highest BCUT2D eigenvalue weighted by Crippen LogP contribution is 2.36. The molecule has 0 spiro atoms. The first-order chi connectivity index (χ1) is 11.1. The van der Waals surface area contributed by atoms with Crippen molar-refractivity contribution in [3.05, 3.63) is 48.0 Å². The van der Waals surface area contributed by atoms with Gasteiger partial charge in [-0.3, -0.25) is 0 Å². The number of hydrogen-bond donors (Lipinski definition) is 0. The summed E-state index contributed by atoms with van der Waals surface area (Å²) in [6.07, 6.45) is -9.93. The number of nitrogens with zero attached hydrogens (tertiary/aromatic N) is 1. The second-order valence-corrected chi connectivity index (χ2v) is 4.41. The van der Waals surface area contributed by atoms with Gasteiger partial charge in [0.1, 0.15) is 17.6 Å². The molecular weight excluding hydrogens is 340 g/mol. The minimum atomic E-state index is -5.00. The van der Waals surface area contributed by atoms with Crippen molar-refractivity contribution in [2.45, 2.75) is 12.7 Å². The first kappa shape index (κ1) is 17.5. The second-order valence-electron chi connectivity index (χ2n) is 4.41. The van der Waals surface area contributed by atoms with Gasteiger partial charge in [0.15, 0.2) is 0 Å². The van der Waals surface area contributed by atoms with Crippen molar-refractivity contribution in [2.24, 2.45) is 0 Å². The summed E-state index contributed by atoms with van der Waals surface area (Å²) < 4.78 is 81.6. The topological polar surface area (TPSA) is 42.2 Å². The summed E-state index contributed by atoms with van der Waals surface area (Å²) in [6, 6.07) is 9.50. The highest BCUT2D eigenvalue weighted by Gasteiger charge is 2.33. The Morgan fingerprint density at radius 3 is 1.96 bits per heavy atom. The molecule has 3 nitrogen and oxygen atoms in total. The molecule has 9 heteroatoms. The van der Waals surface area contributed by atoms with Crippen molar-refractivity contribution in [3.63, 3.8) is 0 Å². The molecule has 0 atom stereocenters. The summed E-state index contributed by atoms with van der Waals surface area (Å²) in [6.45, 7) is 0. The van der Waals surface area contributed by atoms with Gasteiger partial charge < -0.3 is 9.47 Å². The molecular formula is C15H7F6NO2. The summed E-state index contributed by atoms with van der Waals surface area (Å²) in [7, 11) is 0. The molecule has 126 valence electrons. The molecule has 0 aliphatic rings. The maximum Gasteiger partial charge on any atom is 0.573 e. The monoisotopic (exact) mass is 347 g/mol. The third kappa shape index (κ3) is 4.55. The number of ether oxygens (including phenoxy) is 2. The highest BCUT2D eigenvalue weighted by molar-refractivity contribution is 5.72. The Labute approximate surface area is 131 Å². The van der Waals surface area contributed by atoms with E-state index < -0.39 is 29.8 Å². The fourth-order valence-electron chi connectivity index (χ4n) is 1.92. The van der Waals surface area contributed by atoms with E-state index in [1.165, 1.54) is 24.3 Å². The van der Waals surface area contributed by atoms with Crippen LogP contribution in [-0.2, 0) is 0 Å². The first-order valence-corrected chi connectivity index (χ1v) is 6.24. The van der Waals surface area contributed by atoms with Crippen LogP contribution in [0.5, 0.6) is 11.5 Å². The van der Waals surface area contributed by atoms with Crippen molar-refractivity contribution in [2.75, 3.05) is 0 Å². The van der Waals surface area contributed by atoms with Gasteiger partial charge >= 0.3 is 12.7 Å². The fourth-order valence-corrected chi connectivity index (χ4v) is 1.92. The van der Waals surface area contributed by atoms with E-state index in [9.17, 15) is 26.3 Å². The number of halogens is 6. The van der Waals surface area contributed by atoms with E-state index in [2.05, 4.69) is 9.47 Å². The Morgan fingerprint density at radius 1 is 0.792 bits per heavy atom. The molecule has 0 saturated heterocycles. The second kappa shape index (κ2) is 6.31. The van der Waals surface area contributed by atoms with E-state index >= 15 is 0 Å². The summed E-state index contributed by atoms with van der Waals surface area (Å²) in [4.78, 5) is 0. The SMILES string of the molecule is N#Cc1cc(-c2ccccc2OC(F)(F)F)ccc1OC(F)(F)F. The van der Waals surface area contributed by atoms with Gasteiger partial charge in [-0.1, -0.05) is 24.3 Å². The highest BCUT2D eigenvalue weighted by atomic mass is 19.4. The van der Waals surface area contributed by atoms with Crippen LogP contribution in [0.1, 0.15) is 5.56 Å². The van der Waals surface area contributed by atoms with Gasteiger partial charge in [-0.25, -0.2) is 0 Å². The summed E-state index contributed by atoms with van der Waals surface area (Å²) in [5.41, 5.74) is -0.447. The van der Waals surface area contributed by atoms with E-state index in [-0.39, 0.29) is 11.1 Å². The number of hydrogen-bond acceptors (Lipinski definition) is 3. The van der Waals surface area contributed by atoms with Crippen molar-refractivity contribution in [1.82, 2.24) is 0 Å². The zero-order chi connectivity index (χ0) is 18.0. The van der Waals surface area contributed by atoms with Gasteiger partial charge in [-0.2, -0.15) is 5.26 Å². The van der Waals surface area contributed by atoms with Gasteiger partial charge in [0, 0.05) is 5.56 Å². The zero-order valence-corrected chi connectivity index (χ0v) is 11.6. The minimum Gasteiger partial charge on any atom is -0.405 e. The van der Waals surface area contributed by atoms with Crippen molar-refractivity contribution in [1.29, 1.82) is 5.26 Å². The van der Waals surface area contributed by atoms with Crippen molar-refractivity contribution >= 4 is 0 Å². The van der Waals surface area contributed by atoms with E-state index in [1.54, 1.807) is 0 Å². The van der Waals surface area contributed by atoms with E-state index in [0.29, 0.717) is 0 Å². The molecule has 0 bridgehead atoms. The van der Waals surface area contributed by atoms with Crippen LogP contribution in [0.3, 0.4) is 0 Å². The van der Waals surface area contributed by atoms with Crippen LogP contribution in [0.25, 0.3) is 11.1 Å². The van der Waals surface area contributed by atoms with Gasteiger partial charge in [0.2, 0.25) is 0 Å². The smallest absolute Gasteiger partial charge is 0.405 e. The van der Waals surface area contributed by atoms with Crippen molar-refractivity contribution in [3.8, 4) is 28.7 Å². The van der Waals surface area contributed by atoms with Crippen LogP contribution in [0, 0.1) is 11.3 Å². The Kier molecular flexibility index (Phi) is 4.59. The number of nitriles is 1. The number of para-hydroxylation sites is 1. The van der Waals surface area contributed by atoms with Crippen LogP contribution >= 0.6 is 0 Å². The van der Waals surface area contributed by atoms with Gasteiger partial charge in [0.25, 0.3) is 0 Å². The lowest BCUT2D eigenvalue weighted by Gasteiger charge is -2.15. The number of benzene rings is 2. The number of rotatable bonds is 3. The van der Waals surface area contributed by atoms with E-state index in [4.69, 9.17) is 5.26 Å². The standard InChI is InChI=1S/C15H7F6NO2/c16-14(17,18)23-12-6-5-9(7-10(12)8-22)11-3-1-2-4-13(11)24-15(19,20)21/h1-7H. The van der Waals surface area contributed by atoms with Gasteiger partial charge in [-0.05, 0) is 23.8 Å². The summed E-state index contributed by atoms with van der Waals surface area (Å²) >= 11 is 0. The lowest BCUT2D eigenvalue weighted by atomic mass is 10.0. The largest absolute Gasteiger partial charge is 0.573 e. The molecule has 0 aliphatic heterocycles. The first-order valence-electron chi connectivity index (χ1n) is 6.24. The van der Waals surface area contributed by atoms with Gasteiger partial charge in [-0.15, -0.1) is 26.3 Å². The molecule has 2 aromatic carbocycles. The third-order valence-corrected chi connectivity index (χ3v) is 2.75. The molecule has 0 aliphatic carbocycles. The molecule has 0 unspecified atom stereocenters. The van der Waals surface area contributed by atoms with Crippen LogP contribution in [0.2, 0.25) is 0 Å². The lowest BCUT2D eigenvalue weighted by molar-refractivity contribution is -0.275. The molecule has 0 saturated carbocycles. The predicted molar refractivity (Wildman–Crippen MR) is 70.0 cm³/mol. The molecule has 0 aromatic heterocycles. The molecule has 2 aromatic rings. The Balaban J connectivity index is 2.46. The van der Waals surface area contributed by atoms with Crippen LogP contribution in [0.4, 0.5) is 26.3 Å². The fraction of sp³-hybridized carbons (Fsp3) is 0.133. The predicted octanol–water partition coefficient (Wildman–Crippen LogP) is 5.02. The van der Waals surface area contributed by atoms with Crippen LogP contribution in [0.15, 0.2) is 42.5 Å². The average molecular weight is 347 g/mol. The molecule has 0 heterocycles. The third-order valence-electron chi connectivity index (χ3n) is 2.75. The molecule has 0 fully saturated rings. The lowest BCUT2D eigenvalue weighted by Crippen LogP contribution is -2.18. The van der Waals surface area contributed by atoms with E-state index in [1.807, 2.05) is 0 Å². The quantitative estimate of drug-likeness (QED) is 0.732. The van der Waals surface area contributed by atoms with E-state index in [0.717, 1.165) is 24.3 Å². The average Bonchev–Trinajstić information content (AvgIpc) is 2.45. The Hall–Kier alpha value is -2.89. The molecule has 2 rings (SSSR count). The number of alkyl halides is 6. The maximum atomic E-state index is 12.4. The van der Waals surface area contributed by atoms with Crippen molar-refractivity contribution < 1.29 is 35.8 Å². The Morgan fingerprint density at radius 2 is 1.38 bits per heavy atom. The minimum absolute atomic E-state index is 0.0371. The molecule has 24 heavy (non-hydrogen) atoms. The molecule has 0 amide bonds. The van der Waals surface area contributed by atoms with Crippen LogP contribution in [-0.4, -0.2) is 12.7 Å². The summed E-state index contributed by atoms with van der Waals surface area (Å²) in [5.74, 6) is -1.29. The zero-order valence-electron chi connectivity index (χ0n) is 11.6. The summed E-state index contributed by atoms with van der Waals surface area (Å²) in [5, 5.41) is 8.93. The van der Waals surface area contributed by atoms with Gasteiger partial charge in [0.05, 0.1) is 5.56 Å². The Bertz CT molecular complexity index is 777. The molecule has 0 N–H and O–H groups in total. The van der Waals surface area contributed by atoms with Crippen LogP contribution < -0.4 is 9.47 Å².